The summed E-state index contributed by atoms with van der Waals surface area (Å²) in [6.45, 7) is 0.137. The molecule has 0 unspecified atom stereocenters. The highest BCUT2D eigenvalue weighted by molar-refractivity contribution is 5.97. The van der Waals surface area contributed by atoms with Crippen molar-refractivity contribution < 1.29 is 19.4 Å². The topological polar surface area (TPSA) is 75.6 Å². The van der Waals surface area contributed by atoms with E-state index in [1.165, 1.54) is 0 Å². The van der Waals surface area contributed by atoms with Crippen molar-refractivity contribution in [3.8, 4) is 5.75 Å². The van der Waals surface area contributed by atoms with E-state index in [0.29, 0.717) is 0 Å². The fourth-order valence-electron chi connectivity index (χ4n) is 1.88. The predicted molar refractivity (Wildman–Crippen MR) is 75.1 cm³/mol. The summed E-state index contributed by atoms with van der Waals surface area (Å²) in [5, 5.41) is 13.4. The van der Waals surface area contributed by atoms with Crippen molar-refractivity contribution in [2.24, 2.45) is 0 Å². The summed E-state index contributed by atoms with van der Waals surface area (Å²) in [6, 6.07) is 10.7. The molecule has 2 aromatic rings. The van der Waals surface area contributed by atoms with Gasteiger partial charge in [0.2, 0.25) is 5.91 Å². The molecule has 2 rings (SSSR count). The molecule has 104 valence electrons. The van der Waals surface area contributed by atoms with Gasteiger partial charge in [-0.25, -0.2) is 4.79 Å². The number of carbonyl (C=O) groups excluding carboxylic acids is 1. The van der Waals surface area contributed by atoms with Gasteiger partial charge in [0, 0.05) is 7.05 Å². The summed E-state index contributed by atoms with van der Waals surface area (Å²) in [5.74, 6) is -0.923. The molecule has 0 radical (unpaired) electrons. The summed E-state index contributed by atoms with van der Waals surface area (Å²) in [6.07, 6.45) is 0.183. The second-order valence-electron chi connectivity index (χ2n) is 4.27. The van der Waals surface area contributed by atoms with Crippen LogP contribution >= 0.6 is 0 Å². The monoisotopic (exact) mass is 273 g/mol. The quantitative estimate of drug-likeness (QED) is 0.874. The van der Waals surface area contributed by atoms with Gasteiger partial charge >= 0.3 is 5.97 Å². The maximum atomic E-state index is 11.3. The molecule has 0 atom stereocenters. The van der Waals surface area contributed by atoms with Crippen LogP contribution in [0.4, 0.5) is 0 Å². The average Bonchev–Trinajstić information content (AvgIpc) is 2.46. The maximum absolute atomic E-state index is 11.3. The number of amides is 1. The first kappa shape index (κ1) is 13.9. The molecule has 0 fully saturated rings. The molecule has 0 spiro atoms. The van der Waals surface area contributed by atoms with Crippen molar-refractivity contribution in [3.63, 3.8) is 0 Å². The Morgan fingerprint density at radius 2 is 1.85 bits per heavy atom. The van der Waals surface area contributed by atoms with E-state index in [9.17, 15) is 14.7 Å². The van der Waals surface area contributed by atoms with Crippen molar-refractivity contribution in [1.82, 2.24) is 5.32 Å². The molecule has 1 amide bonds. The number of carboxylic acid groups (broad SMARTS) is 1. The zero-order valence-corrected chi connectivity index (χ0v) is 11.1. The van der Waals surface area contributed by atoms with E-state index in [-0.39, 0.29) is 30.2 Å². The van der Waals surface area contributed by atoms with Gasteiger partial charge in [0.1, 0.15) is 11.3 Å². The van der Waals surface area contributed by atoms with Crippen LogP contribution in [0.5, 0.6) is 5.75 Å². The minimum atomic E-state index is -1.05. The zero-order chi connectivity index (χ0) is 14.5. The number of carbonyl (C=O) groups is 2. The molecule has 5 heteroatoms. The molecule has 2 N–H and O–H groups in total. The Kier molecular flexibility index (Phi) is 4.20. The molecule has 5 nitrogen and oxygen atoms in total. The molecule has 0 aliphatic rings. The third-order valence-corrected chi connectivity index (χ3v) is 2.94. The standard InChI is InChI=1S/C15H15NO4/c1-16-14(17)6-7-20-13-9-11-5-3-2-4-10(11)8-12(13)15(18)19/h2-5,8-9H,6-7H2,1H3,(H,16,17)(H,18,19). The van der Waals surface area contributed by atoms with Gasteiger partial charge in [-0.3, -0.25) is 4.79 Å². The van der Waals surface area contributed by atoms with E-state index < -0.39 is 5.97 Å². The molecule has 0 bridgehead atoms. The van der Waals surface area contributed by atoms with Crippen LogP contribution in [0.25, 0.3) is 10.8 Å². The van der Waals surface area contributed by atoms with E-state index in [0.717, 1.165) is 10.8 Å². The van der Waals surface area contributed by atoms with Crippen molar-refractivity contribution in [2.75, 3.05) is 13.7 Å². The molecule has 2 aromatic carbocycles. The van der Waals surface area contributed by atoms with Crippen LogP contribution in [-0.4, -0.2) is 30.6 Å². The lowest BCUT2D eigenvalue weighted by molar-refractivity contribution is -0.121. The Hall–Kier alpha value is -2.56. The van der Waals surface area contributed by atoms with Crippen molar-refractivity contribution in [2.45, 2.75) is 6.42 Å². The number of hydrogen-bond acceptors (Lipinski definition) is 3. The number of hydrogen-bond donors (Lipinski definition) is 2. The lowest BCUT2D eigenvalue weighted by Crippen LogP contribution is -2.20. The Balaban J connectivity index is 2.27. The molecule has 0 saturated heterocycles. The SMILES string of the molecule is CNC(=O)CCOc1cc2ccccc2cc1C(=O)O. The van der Waals surface area contributed by atoms with E-state index >= 15 is 0 Å². The fourth-order valence-corrected chi connectivity index (χ4v) is 1.88. The largest absolute Gasteiger partial charge is 0.492 e. The minimum absolute atomic E-state index is 0.0978. The van der Waals surface area contributed by atoms with Gasteiger partial charge in [0.15, 0.2) is 0 Å². The summed E-state index contributed by atoms with van der Waals surface area (Å²) < 4.78 is 5.44. The van der Waals surface area contributed by atoms with Gasteiger partial charge in [-0.05, 0) is 22.9 Å². The van der Waals surface area contributed by atoms with E-state index in [2.05, 4.69) is 5.32 Å². The third kappa shape index (κ3) is 3.06. The molecule has 0 heterocycles. The lowest BCUT2D eigenvalue weighted by atomic mass is 10.1. The summed E-state index contributed by atoms with van der Waals surface area (Å²) >= 11 is 0. The Morgan fingerprint density at radius 1 is 1.20 bits per heavy atom. The second kappa shape index (κ2) is 6.06. The van der Waals surface area contributed by atoms with E-state index in [1.54, 1.807) is 19.2 Å². The van der Waals surface area contributed by atoms with E-state index in [1.807, 2.05) is 24.3 Å². The molecule has 20 heavy (non-hydrogen) atoms. The lowest BCUT2D eigenvalue weighted by Gasteiger charge is -2.10. The van der Waals surface area contributed by atoms with Gasteiger partial charge in [-0.1, -0.05) is 24.3 Å². The van der Waals surface area contributed by atoms with Gasteiger partial charge in [0.25, 0.3) is 0 Å². The van der Waals surface area contributed by atoms with Crippen LogP contribution in [0.3, 0.4) is 0 Å². The van der Waals surface area contributed by atoms with Gasteiger partial charge in [-0.2, -0.15) is 0 Å². The molecule has 0 aliphatic heterocycles. The second-order valence-corrected chi connectivity index (χ2v) is 4.27. The average molecular weight is 273 g/mol. The van der Waals surface area contributed by atoms with Gasteiger partial charge in [-0.15, -0.1) is 0 Å². The molecular weight excluding hydrogens is 258 g/mol. The molecular formula is C15H15NO4. The first-order chi connectivity index (χ1) is 9.61. The Labute approximate surface area is 116 Å². The number of benzene rings is 2. The minimum Gasteiger partial charge on any atom is -0.492 e. The van der Waals surface area contributed by atoms with Crippen LogP contribution in [-0.2, 0) is 4.79 Å². The van der Waals surface area contributed by atoms with Crippen molar-refractivity contribution in [1.29, 1.82) is 0 Å². The van der Waals surface area contributed by atoms with Crippen LogP contribution in [0.2, 0.25) is 0 Å². The number of aromatic carboxylic acids is 1. The normalized spacial score (nSPS) is 10.2. The van der Waals surface area contributed by atoms with E-state index in [4.69, 9.17) is 4.74 Å². The summed E-state index contributed by atoms with van der Waals surface area (Å²) in [5.41, 5.74) is 0.0978. The number of ether oxygens (including phenoxy) is 1. The fraction of sp³-hybridized carbons (Fsp3) is 0.200. The maximum Gasteiger partial charge on any atom is 0.339 e. The Bertz CT molecular complexity index is 651. The van der Waals surface area contributed by atoms with Gasteiger partial charge in [0.05, 0.1) is 13.0 Å². The van der Waals surface area contributed by atoms with Crippen molar-refractivity contribution >= 4 is 22.6 Å². The Morgan fingerprint density at radius 3 is 2.45 bits per heavy atom. The number of nitrogens with one attached hydrogen (secondary N) is 1. The zero-order valence-electron chi connectivity index (χ0n) is 11.1. The molecule has 0 aliphatic carbocycles. The van der Waals surface area contributed by atoms with Crippen LogP contribution in [0.15, 0.2) is 36.4 Å². The first-order valence-corrected chi connectivity index (χ1v) is 6.21. The highest BCUT2D eigenvalue weighted by Crippen LogP contribution is 2.26. The predicted octanol–water partition coefficient (Wildman–Crippen LogP) is 2.05. The van der Waals surface area contributed by atoms with Gasteiger partial charge < -0.3 is 15.2 Å². The molecule has 0 saturated carbocycles. The number of fused-ring (bicyclic) bond motifs is 1. The van der Waals surface area contributed by atoms with Crippen molar-refractivity contribution in [3.05, 3.63) is 42.0 Å². The van der Waals surface area contributed by atoms with Crippen LogP contribution < -0.4 is 10.1 Å². The number of carboxylic acids is 1. The first-order valence-electron chi connectivity index (χ1n) is 6.21. The smallest absolute Gasteiger partial charge is 0.339 e. The number of rotatable bonds is 5. The third-order valence-electron chi connectivity index (χ3n) is 2.94. The van der Waals surface area contributed by atoms with Crippen LogP contribution in [0, 0.1) is 0 Å². The highest BCUT2D eigenvalue weighted by Gasteiger charge is 2.13. The highest BCUT2D eigenvalue weighted by atomic mass is 16.5. The summed E-state index contributed by atoms with van der Waals surface area (Å²) in [7, 11) is 1.54. The van der Waals surface area contributed by atoms with Crippen LogP contribution in [0.1, 0.15) is 16.8 Å². The summed E-state index contributed by atoms with van der Waals surface area (Å²) in [4.78, 5) is 22.4. The molecule has 0 aromatic heterocycles.